The molecule has 0 fully saturated rings. The van der Waals surface area contributed by atoms with Gasteiger partial charge in [0.15, 0.2) is 11.7 Å². The van der Waals surface area contributed by atoms with Gasteiger partial charge in [-0.1, -0.05) is 0 Å². The van der Waals surface area contributed by atoms with E-state index in [-0.39, 0.29) is 17.6 Å². The molecule has 6 heteroatoms. The molecule has 18 heavy (non-hydrogen) atoms. The van der Waals surface area contributed by atoms with Gasteiger partial charge in [0, 0.05) is 19.7 Å². The lowest BCUT2D eigenvalue weighted by Crippen LogP contribution is -2.22. The molecule has 3 N–H and O–H groups in total. The Bertz CT molecular complexity index is 643. The molecule has 0 atom stereocenters. The Hall–Kier alpha value is -2.37. The minimum absolute atomic E-state index is 0.113. The number of nitrogens with two attached hydrogens (primary N) is 1. The number of Topliss-reactive ketones (excluding diaryl/α,β-unsaturated/α-hetero) is 1. The number of hydrogen-bond acceptors (Lipinski definition) is 4. The summed E-state index contributed by atoms with van der Waals surface area (Å²) >= 11 is 0. The molecule has 0 aliphatic rings. The summed E-state index contributed by atoms with van der Waals surface area (Å²) in [5.74, 6) is -0.106. The van der Waals surface area contributed by atoms with E-state index in [1.54, 1.807) is 26.2 Å². The largest absolute Gasteiger partial charge is 0.369 e. The number of H-pyrrole nitrogens is 1. The second kappa shape index (κ2) is 4.14. The number of carbonyl (C=O) groups excluding carboxylic acids is 2. The van der Waals surface area contributed by atoms with Gasteiger partial charge >= 0.3 is 0 Å². The third-order valence-electron chi connectivity index (χ3n) is 2.65. The van der Waals surface area contributed by atoms with E-state index in [4.69, 9.17) is 5.73 Å². The van der Waals surface area contributed by atoms with Crippen molar-refractivity contribution in [3.8, 4) is 0 Å². The van der Waals surface area contributed by atoms with Gasteiger partial charge in [-0.3, -0.25) is 9.59 Å². The number of anilines is 1. The van der Waals surface area contributed by atoms with Crippen LogP contribution in [0.25, 0.3) is 11.0 Å². The zero-order valence-corrected chi connectivity index (χ0v) is 10.4. The first-order valence-electron chi connectivity index (χ1n) is 5.42. The molecule has 0 saturated carbocycles. The number of nitrogens with zero attached hydrogens (tertiary/aromatic N) is 2. The van der Waals surface area contributed by atoms with Crippen molar-refractivity contribution in [1.29, 1.82) is 0 Å². The first-order chi connectivity index (χ1) is 8.40. The maximum atomic E-state index is 12.1. The van der Waals surface area contributed by atoms with Gasteiger partial charge in [-0.15, -0.1) is 0 Å². The maximum Gasteiger partial charge on any atom is 0.255 e. The number of carbonyl (C=O) groups is 2. The highest BCUT2D eigenvalue weighted by Crippen LogP contribution is 2.21. The number of rotatable bonds is 2. The number of aromatic nitrogens is 2. The van der Waals surface area contributed by atoms with E-state index in [9.17, 15) is 9.59 Å². The van der Waals surface area contributed by atoms with Crippen LogP contribution in [0.5, 0.6) is 0 Å². The average Bonchev–Trinajstić information content (AvgIpc) is 2.66. The van der Waals surface area contributed by atoms with Gasteiger partial charge in [-0.25, -0.2) is 4.98 Å². The van der Waals surface area contributed by atoms with E-state index >= 15 is 0 Å². The fraction of sp³-hybridized carbons (Fsp3) is 0.250. The molecule has 6 nitrogen and oxygen atoms in total. The summed E-state index contributed by atoms with van der Waals surface area (Å²) in [7, 11) is 3.29. The van der Waals surface area contributed by atoms with Gasteiger partial charge in [0.2, 0.25) is 0 Å². The first kappa shape index (κ1) is 12.1. The SMILES string of the molecule is CC(=O)c1cc(C(=O)N(C)C)c2nc(N)[nH]c2c1. The number of imidazole rings is 1. The number of nitrogens with one attached hydrogen (secondary N) is 1. The van der Waals surface area contributed by atoms with Crippen LogP contribution in [0.4, 0.5) is 5.95 Å². The Balaban J connectivity index is 2.75. The fourth-order valence-corrected chi connectivity index (χ4v) is 1.74. The first-order valence-corrected chi connectivity index (χ1v) is 5.42. The molecule has 94 valence electrons. The van der Waals surface area contributed by atoms with Gasteiger partial charge in [0.25, 0.3) is 5.91 Å². The van der Waals surface area contributed by atoms with Crippen molar-refractivity contribution in [3.63, 3.8) is 0 Å². The number of hydrogen-bond donors (Lipinski definition) is 2. The summed E-state index contributed by atoms with van der Waals surface area (Å²) in [6.07, 6.45) is 0. The smallest absolute Gasteiger partial charge is 0.255 e. The van der Waals surface area contributed by atoms with Gasteiger partial charge in [-0.05, 0) is 19.1 Å². The summed E-state index contributed by atoms with van der Waals surface area (Å²) in [4.78, 5) is 31.9. The van der Waals surface area contributed by atoms with Crippen LogP contribution in [-0.2, 0) is 0 Å². The lowest BCUT2D eigenvalue weighted by atomic mass is 10.1. The Morgan fingerprint density at radius 2 is 2.00 bits per heavy atom. The highest BCUT2D eigenvalue weighted by molar-refractivity contribution is 6.08. The second-order valence-electron chi connectivity index (χ2n) is 4.30. The zero-order chi connectivity index (χ0) is 13.4. The predicted molar refractivity (Wildman–Crippen MR) is 68.5 cm³/mol. The Morgan fingerprint density at radius 3 is 2.56 bits per heavy atom. The summed E-state index contributed by atoms with van der Waals surface area (Å²) in [5, 5.41) is 0. The number of amides is 1. The Morgan fingerprint density at radius 1 is 1.33 bits per heavy atom. The predicted octanol–water partition coefficient (Wildman–Crippen LogP) is 1.05. The lowest BCUT2D eigenvalue weighted by molar-refractivity contribution is 0.0829. The second-order valence-corrected chi connectivity index (χ2v) is 4.30. The number of ketones is 1. The number of benzene rings is 1. The number of nitrogen functional groups attached to an aromatic ring is 1. The summed E-state index contributed by atoms with van der Waals surface area (Å²) in [6.45, 7) is 1.45. The minimum atomic E-state index is -0.213. The number of aromatic amines is 1. The fourth-order valence-electron chi connectivity index (χ4n) is 1.74. The van der Waals surface area contributed by atoms with Crippen LogP contribution < -0.4 is 5.73 Å². The van der Waals surface area contributed by atoms with Gasteiger partial charge in [0.05, 0.1) is 11.1 Å². The standard InChI is InChI=1S/C12H14N4O2/c1-6(17)7-4-8(11(18)16(2)3)10-9(5-7)14-12(13)15-10/h4-5H,1-3H3,(H3,13,14,15). The lowest BCUT2D eigenvalue weighted by Gasteiger charge is -2.11. The Labute approximate surface area is 104 Å². The molecule has 0 aliphatic carbocycles. The van der Waals surface area contributed by atoms with Crippen LogP contribution in [0.3, 0.4) is 0 Å². The molecule has 0 radical (unpaired) electrons. The molecule has 2 aromatic rings. The van der Waals surface area contributed by atoms with E-state index in [0.717, 1.165) is 0 Å². The molecule has 0 unspecified atom stereocenters. The minimum Gasteiger partial charge on any atom is -0.369 e. The van der Waals surface area contributed by atoms with Gasteiger partial charge < -0.3 is 15.6 Å². The van der Waals surface area contributed by atoms with Crippen LogP contribution >= 0.6 is 0 Å². The molecular formula is C12H14N4O2. The van der Waals surface area contributed by atoms with Crippen LogP contribution in [0.15, 0.2) is 12.1 Å². The number of fused-ring (bicyclic) bond motifs is 1. The normalized spacial score (nSPS) is 10.6. The summed E-state index contributed by atoms with van der Waals surface area (Å²) in [5.41, 5.74) is 7.48. The topological polar surface area (TPSA) is 92.1 Å². The van der Waals surface area contributed by atoms with Gasteiger partial charge in [-0.2, -0.15) is 0 Å². The van der Waals surface area contributed by atoms with Crippen molar-refractivity contribution in [2.45, 2.75) is 6.92 Å². The maximum absolute atomic E-state index is 12.1. The zero-order valence-electron chi connectivity index (χ0n) is 10.4. The molecule has 0 aliphatic heterocycles. The molecule has 1 aromatic carbocycles. The van der Waals surface area contributed by atoms with E-state index in [1.807, 2.05) is 0 Å². The third-order valence-corrected chi connectivity index (χ3v) is 2.65. The molecule has 1 aromatic heterocycles. The van der Waals surface area contributed by atoms with Crippen LogP contribution in [-0.4, -0.2) is 40.7 Å². The molecule has 1 amide bonds. The van der Waals surface area contributed by atoms with E-state index < -0.39 is 0 Å². The highest BCUT2D eigenvalue weighted by atomic mass is 16.2. The highest BCUT2D eigenvalue weighted by Gasteiger charge is 2.17. The third kappa shape index (κ3) is 1.92. The molecule has 1 heterocycles. The molecular weight excluding hydrogens is 232 g/mol. The van der Waals surface area contributed by atoms with Crippen molar-refractivity contribution in [2.75, 3.05) is 19.8 Å². The van der Waals surface area contributed by atoms with Crippen molar-refractivity contribution >= 4 is 28.7 Å². The van der Waals surface area contributed by atoms with Crippen molar-refractivity contribution in [2.24, 2.45) is 0 Å². The summed E-state index contributed by atoms with van der Waals surface area (Å²) < 4.78 is 0. The van der Waals surface area contributed by atoms with E-state index in [1.165, 1.54) is 11.8 Å². The molecule has 0 spiro atoms. The van der Waals surface area contributed by atoms with E-state index in [2.05, 4.69) is 9.97 Å². The van der Waals surface area contributed by atoms with Crippen molar-refractivity contribution in [3.05, 3.63) is 23.3 Å². The van der Waals surface area contributed by atoms with Crippen LogP contribution in [0, 0.1) is 0 Å². The monoisotopic (exact) mass is 246 g/mol. The molecule has 0 bridgehead atoms. The van der Waals surface area contributed by atoms with Gasteiger partial charge in [0.1, 0.15) is 5.52 Å². The van der Waals surface area contributed by atoms with Crippen molar-refractivity contribution in [1.82, 2.24) is 14.9 Å². The van der Waals surface area contributed by atoms with Crippen LogP contribution in [0.1, 0.15) is 27.6 Å². The van der Waals surface area contributed by atoms with E-state index in [0.29, 0.717) is 22.2 Å². The summed E-state index contributed by atoms with van der Waals surface area (Å²) in [6, 6.07) is 3.20. The Kier molecular flexibility index (Phi) is 2.78. The van der Waals surface area contributed by atoms with Crippen molar-refractivity contribution < 1.29 is 9.59 Å². The average molecular weight is 246 g/mol. The molecule has 0 saturated heterocycles. The van der Waals surface area contributed by atoms with Crippen LogP contribution in [0.2, 0.25) is 0 Å². The molecule has 2 rings (SSSR count). The quantitative estimate of drug-likeness (QED) is 0.775.